The third kappa shape index (κ3) is 3.35. The third-order valence-electron chi connectivity index (χ3n) is 2.52. The van der Waals surface area contributed by atoms with Crippen LogP contribution in [-0.4, -0.2) is 18.4 Å². The molecule has 0 bridgehead atoms. The molecule has 0 atom stereocenters. The fraction of sp³-hybridized carbons (Fsp3) is 0.133. The molecule has 0 aromatic heterocycles. The fourth-order valence-corrected chi connectivity index (χ4v) is 1.63. The Morgan fingerprint density at radius 1 is 1.17 bits per heavy atom. The van der Waals surface area contributed by atoms with E-state index < -0.39 is 0 Å². The summed E-state index contributed by atoms with van der Waals surface area (Å²) in [5.41, 5.74) is 1.98. The normalized spacial score (nSPS) is 10.7. The number of methoxy groups -OCH3 is 1. The first-order chi connectivity index (χ1) is 8.78. The van der Waals surface area contributed by atoms with E-state index in [4.69, 9.17) is 4.74 Å². The summed E-state index contributed by atoms with van der Waals surface area (Å²) < 4.78 is 5.15. The molecule has 1 N–H and O–H groups in total. The lowest BCUT2D eigenvalue weighted by Gasteiger charge is -2.01. The van der Waals surface area contributed by atoms with Crippen LogP contribution in [0.2, 0.25) is 0 Å². The summed E-state index contributed by atoms with van der Waals surface area (Å²) in [7, 11) is 1.65. The highest BCUT2D eigenvalue weighted by molar-refractivity contribution is 5.80. The number of hydrogen-bond acceptors (Lipinski definition) is 3. The summed E-state index contributed by atoms with van der Waals surface area (Å²) in [4.78, 5) is 4.34. The average molecular weight is 241 g/mol. The van der Waals surface area contributed by atoms with Crippen LogP contribution in [-0.2, 0) is 6.54 Å². The highest BCUT2D eigenvalue weighted by Crippen LogP contribution is 2.13. The van der Waals surface area contributed by atoms with Gasteiger partial charge in [0.15, 0.2) is 0 Å². The minimum Gasteiger partial charge on any atom is -0.508 e. The number of ether oxygens (including phenoxy) is 1. The molecule has 3 heteroatoms. The molecule has 0 aliphatic carbocycles. The number of aliphatic imine (C=N–C) groups is 1. The second-order valence-corrected chi connectivity index (χ2v) is 3.92. The molecule has 0 unspecified atom stereocenters. The molecular formula is C15H15NO2. The molecule has 0 spiro atoms. The Hall–Kier alpha value is -2.29. The Bertz CT molecular complexity index is 550. The number of phenolic OH excluding ortho intramolecular Hbond substituents is 1. The summed E-state index contributed by atoms with van der Waals surface area (Å²) in [5, 5.41) is 9.32. The Balaban J connectivity index is 2.02. The summed E-state index contributed by atoms with van der Waals surface area (Å²) in [6.45, 7) is 0.590. The van der Waals surface area contributed by atoms with Crippen molar-refractivity contribution in [3.63, 3.8) is 0 Å². The van der Waals surface area contributed by atoms with E-state index in [0.29, 0.717) is 6.54 Å². The number of phenols is 1. The van der Waals surface area contributed by atoms with E-state index in [2.05, 4.69) is 4.99 Å². The molecule has 92 valence electrons. The number of hydrogen-bond donors (Lipinski definition) is 1. The molecule has 0 heterocycles. The predicted molar refractivity (Wildman–Crippen MR) is 72.4 cm³/mol. The van der Waals surface area contributed by atoms with Crippen LogP contribution in [0, 0.1) is 0 Å². The van der Waals surface area contributed by atoms with Gasteiger partial charge in [0.25, 0.3) is 0 Å². The molecule has 0 aliphatic rings. The molecule has 0 amide bonds. The van der Waals surface area contributed by atoms with E-state index in [0.717, 1.165) is 16.9 Å². The zero-order valence-electron chi connectivity index (χ0n) is 10.2. The van der Waals surface area contributed by atoms with Crippen molar-refractivity contribution in [2.45, 2.75) is 6.54 Å². The van der Waals surface area contributed by atoms with Crippen LogP contribution in [0.15, 0.2) is 53.5 Å². The second kappa shape index (κ2) is 5.87. The first kappa shape index (κ1) is 12.2. The lowest BCUT2D eigenvalue weighted by Crippen LogP contribution is -1.87. The molecule has 0 saturated carbocycles. The molecule has 0 radical (unpaired) electrons. The molecule has 2 aromatic rings. The minimum atomic E-state index is 0.250. The maximum Gasteiger partial charge on any atom is 0.119 e. The SMILES string of the molecule is COc1cccc(C/N=C/c2cccc(O)c2)c1. The van der Waals surface area contributed by atoms with Gasteiger partial charge < -0.3 is 9.84 Å². The summed E-state index contributed by atoms with van der Waals surface area (Å²) >= 11 is 0. The van der Waals surface area contributed by atoms with Crippen LogP contribution in [0.25, 0.3) is 0 Å². The molecule has 18 heavy (non-hydrogen) atoms. The van der Waals surface area contributed by atoms with Gasteiger partial charge in [-0.15, -0.1) is 0 Å². The van der Waals surface area contributed by atoms with Crippen LogP contribution in [0.5, 0.6) is 11.5 Å². The average Bonchev–Trinajstić information content (AvgIpc) is 2.39. The fourth-order valence-electron chi connectivity index (χ4n) is 1.63. The first-order valence-electron chi connectivity index (χ1n) is 5.70. The predicted octanol–water partition coefficient (Wildman–Crippen LogP) is 3.02. The number of benzene rings is 2. The minimum absolute atomic E-state index is 0.250. The van der Waals surface area contributed by atoms with E-state index in [9.17, 15) is 5.11 Å². The van der Waals surface area contributed by atoms with E-state index in [1.165, 1.54) is 0 Å². The van der Waals surface area contributed by atoms with Crippen molar-refractivity contribution in [2.75, 3.05) is 7.11 Å². The Labute approximate surface area is 106 Å². The van der Waals surface area contributed by atoms with Gasteiger partial charge in [0, 0.05) is 6.21 Å². The Kier molecular flexibility index (Phi) is 3.97. The maximum atomic E-state index is 9.32. The molecule has 2 rings (SSSR count). The topological polar surface area (TPSA) is 41.8 Å². The molecule has 0 saturated heterocycles. The lowest BCUT2D eigenvalue weighted by atomic mass is 10.2. The van der Waals surface area contributed by atoms with Gasteiger partial charge in [0.1, 0.15) is 11.5 Å². The quantitative estimate of drug-likeness (QED) is 0.836. The standard InChI is InChI=1S/C15H15NO2/c1-18-15-7-3-5-13(9-15)11-16-10-12-4-2-6-14(17)8-12/h2-10,17H,11H2,1H3/b16-10+. The number of nitrogens with zero attached hydrogens (tertiary/aromatic N) is 1. The van der Waals surface area contributed by atoms with Crippen molar-refractivity contribution in [3.8, 4) is 11.5 Å². The van der Waals surface area contributed by atoms with Crippen LogP contribution in [0.4, 0.5) is 0 Å². The zero-order chi connectivity index (χ0) is 12.8. The molecular weight excluding hydrogens is 226 g/mol. The van der Waals surface area contributed by atoms with Crippen molar-refractivity contribution in [1.82, 2.24) is 0 Å². The Morgan fingerprint density at radius 3 is 2.78 bits per heavy atom. The molecule has 0 aliphatic heterocycles. The maximum absolute atomic E-state index is 9.32. The highest BCUT2D eigenvalue weighted by Gasteiger charge is 1.94. The molecule has 3 nitrogen and oxygen atoms in total. The van der Waals surface area contributed by atoms with Crippen molar-refractivity contribution >= 4 is 6.21 Å². The van der Waals surface area contributed by atoms with Crippen molar-refractivity contribution in [3.05, 3.63) is 59.7 Å². The van der Waals surface area contributed by atoms with Gasteiger partial charge in [-0.1, -0.05) is 24.3 Å². The van der Waals surface area contributed by atoms with Crippen LogP contribution in [0.1, 0.15) is 11.1 Å². The molecule has 2 aromatic carbocycles. The van der Waals surface area contributed by atoms with Gasteiger partial charge in [-0.05, 0) is 35.4 Å². The van der Waals surface area contributed by atoms with E-state index in [1.54, 1.807) is 31.5 Å². The third-order valence-corrected chi connectivity index (χ3v) is 2.52. The van der Waals surface area contributed by atoms with Crippen molar-refractivity contribution in [1.29, 1.82) is 0 Å². The summed E-state index contributed by atoms with van der Waals surface area (Å²) in [6.07, 6.45) is 1.75. The smallest absolute Gasteiger partial charge is 0.119 e. The first-order valence-corrected chi connectivity index (χ1v) is 5.70. The summed E-state index contributed by atoms with van der Waals surface area (Å²) in [5.74, 6) is 1.08. The van der Waals surface area contributed by atoms with Crippen molar-refractivity contribution < 1.29 is 9.84 Å². The van der Waals surface area contributed by atoms with Crippen LogP contribution < -0.4 is 4.74 Å². The van der Waals surface area contributed by atoms with Crippen LogP contribution >= 0.6 is 0 Å². The molecule has 0 fully saturated rings. The summed E-state index contributed by atoms with van der Waals surface area (Å²) in [6, 6.07) is 14.8. The van der Waals surface area contributed by atoms with Crippen molar-refractivity contribution in [2.24, 2.45) is 4.99 Å². The lowest BCUT2D eigenvalue weighted by molar-refractivity contribution is 0.414. The highest BCUT2D eigenvalue weighted by atomic mass is 16.5. The van der Waals surface area contributed by atoms with E-state index in [1.807, 2.05) is 30.3 Å². The second-order valence-electron chi connectivity index (χ2n) is 3.92. The van der Waals surface area contributed by atoms with Gasteiger partial charge in [-0.25, -0.2) is 0 Å². The van der Waals surface area contributed by atoms with Gasteiger partial charge >= 0.3 is 0 Å². The number of rotatable bonds is 4. The van der Waals surface area contributed by atoms with Gasteiger partial charge in [-0.3, -0.25) is 4.99 Å². The van der Waals surface area contributed by atoms with Crippen LogP contribution in [0.3, 0.4) is 0 Å². The largest absolute Gasteiger partial charge is 0.508 e. The van der Waals surface area contributed by atoms with Gasteiger partial charge in [0.2, 0.25) is 0 Å². The van der Waals surface area contributed by atoms with Gasteiger partial charge in [-0.2, -0.15) is 0 Å². The number of aromatic hydroxyl groups is 1. The monoisotopic (exact) mass is 241 g/mol. The Morgan fingerprint density at radius 2 is 2.00 bits per heavy atom. The zero-order valence-corrected chi connectivity index (χ0v) is 10.2. The van der Waals surface area contributed by atoms with Gasteiger partial charge in [0.05, 0.1) is 13.7 Å². The van der Waals surface area contributed by atoms with E-state index in [-0.39, 0.29) is 5.75 Å². The van der Waals surface area contributed by atoms with E-state index >= 15 is 0 Å².